The van der Waals surface area contributed by atoms with Gasteiger partial charge in [-0.25, -0.2) is 16.8 Å². The van der Waals surface area contributed by atoms with Crippen molar-refractivity contribution in [3.05, 3.63) is 48.0 Å². The van der Waals surface area contributed by atoms with E-state index in [0.29, 0.717) is 12.2 Å². The van der Waals surface area contributed by atoms with E-state index in [1.165, 1.54) is 56.7 Å². The van der Waals surface area contributed by atoms with Crippen molar-refractivity contribution in [1.82, 2.24) is 5.32 Å². The molecular weight excluding hydrogens is 432 g/mol. The van der Waals surface area contributed by atoms with Gasteiger partial charge in [0.2, 0.25) is 0 Å². The van der Waals surface area contributed by atoms with Gasteiger partial charge < -0.3 is 14.8 Å². The van der Waals surface area contributed by atoms with Gasteiger partial charge in [0.1, 0.15) is 16.4 Å². The zero-order valence-electron chi connectivity index (χ0n) is 16.4. The lowest BCUT2D eigenvalue weighted by molar-refractivity contribution is 0.0941. The van der Waals surface area contributed by atoms with Crippen molar-refractivity contribution in [3.63, 3.8) is 0 Å². The van der Waals surface area contributed by atoms with Gasteiger partial charge in [-0.2, -0.15) is 0 Å². The summed E-state index contributed by atoms with van der Waals surface area (Å²) in [6.07, 6.45) is 0.359. The molecule has 162 valence electrons. The SMILES string of the molecule is COc1ccc(S(=O)(=O)Nc2cccc(C(=O)N[C@H]3CCS(=O)(=O)C3)c2)c(OC)c1. The molecule has 1 heterocycles. The van der Waals surface area contributed by atoms with E-state index in [2.05, 4.69) is 10.0 Å². The molecule has 1 aliphatic heterocycles. The molecule has 1 amide bonds. The number of anilines is 1. The molecule has 0 unspecified atom stereocenters. The van der Waals surface area contributed by atoms with E-state index >= 15 is 0 Å². The second-order valence-corrected chi connectivity index (χ2v) is 10.7. The fourth-order valence-corrected chi connectivity index (χ4v) is 5.98. The fraction of sp³-hybridized carbons (Fsp3) is 0.316. The lowest BCUT2D eigenvalue weighted by atomic mass is 10.1. The molecular formula is C19H22N2O7S2. The minimum absolute atomic E-state index is 0.0431. The summed E-state index contributed by atoms with van der Waals surface area (Å²) in [5.41, 5.74) is 0.390. The summed E-state index contributed by atoms with van der Waals surface area (Å²) in [5.74, 6) is 0.0286. The van der Waals surface area contributed by atoms with Crippen LogP contribution in [0.1, 0.15) is 16.8 Å². The zero-order valence-corrected chi connectivity index (χ0v) is 18.0. The molecule has 0 bridgehead atoms. The molecule has 0 radical (unpaired) electrons. The van der Waals surface area contributed by atoms with Crippen molar-refractivity contribution >= 4 is 31.5 Å². The number of sulfone groups is 1. The van der Waals surface area contributed by atoms with Gasteiger partial charge in [0, 0.05) is 23.4 Å². The number of methoxy groups -OCH3 is 2. The van der Waals surface area contributed by atoms with Crippen LogP contribution in [0, 0.1) is 0 Å². The maximum absolute atomic E-state index is 12.8. The third-order valence-electron chi connectivity index (χ3n) is 4.60. The predicted molar refractivity (Wildman–Crippen MR) is 111 cm³/mol. The molecule has 2 N–H and O–H groups in total. The Morgan fingerprint density at radius 1 is 1.10 bits per heavy atom. The Morgan fingerprint density at radius 2 is 1.87 bits per heavy atom. The highest BCUT2D eigenvalue weighted by Gasteiger charge is 2.29. The van der Waals surface area contributed by atoms with Crippen molar-refractivity contribution < 1.29 is 31.1 Å². The Hall–Kier alpha value is -2.79. The topological polar surface area (TPSA) is 128 Å². The molecule has 0 aromatic heterocycles. The molecule has 11 heteroatoms. The van der Waals surface area contributed by atoms with Crippen molar-refractivity contribution in [2.45, 2.75) is 17.4 Å². The van der Waals surface area contributed by atoms with E-state index in [1.807, 2.05) is 0 Å². The highest BCUT2D eigenvalue weighted by Crippen LogP contribution is 2.30. The van der Waals surface area contributed by atoms with E-state index in [1.54, 1.807) is 0 Å². The van der Waals surface area contributed by atoms with Gasteiger partial charge in [-0.3, -0.25) is 9.52 Å². The molecule has 2 aromatic carbocycles. The predicted octanol–water partition coefficient (Wildman–Crippen LogP) is 1.42. The van der Waals surface area contributed by atoms with Gasteiger partial charge in [0.05, 0.1) is 25.7 Å². The van der Waals surface area contributed by atoms with Crippen LogP contribution in [0.15, 0.2) is 47.4 Å². The van der Waals surface area contributed by atoms with Crippen LogP contribution in [0.25, 0.3) is 0 Å². The van der Waals surface area contributed by atoms with Crippen molar-refractivity contribution in [2.24, 2.45) is 0 Å². The number of carbonyl (C=O) groups is 1. The van der Waals surface area contributed by atoms with E-state index in [9.17, 15) is 21.6 Å². The molecule has 1 fully saturated rings. The van der Waals surface area contributed by atoms with E-state index < -0.39 is 31.8 Å². The van der Waals surface area contributed by atoms with Gasteiger partial charge in [-0.1, -0.05) is 6.07 Å². The third-order valence-corrected chi connectivity index (χ3v) is 7.79. The Labute approximate surface area is 175 Å². The van der Waals surface area contributed by atoms with Crippen molar-refractivity contribution in [2.75, 3.05) is 30.4 Å². The molecule has 0 saturated carbocycles. The molecule has 30 heavy (non-hydrogen) atoms. The monoisotopic (exact) mass is 454 g/mol. The fourth-order valence-electron chi connectivity index (χ4n) is 3.11. The highest BCUT2D eigenvalue weighted by atomic mass is 32.2. The molecule has 2 aromatic rings. The second kappa shape index (κ2) is 8.52. The number of amides is 1. The summed E-state index contributed by atoms with van der Waals surface area (Å²) < 4.78 is 61.4. The van der Waals surface area contributed by atoms with Crippen LogP contribution in [0.4, 0.5) is 5.69 Å². The quantitative estimate of drug-likeness (QED) is 0.648. The first-order valence-corrected chi connectivity index (χ1v) is 12.3. The molecule has 0 spiro atoms. The molecule has 1 saturated heterocycles. The van der Waals surface area contributed by atoms with Crippen LogP contribution in [0.5, 0.6) is 11.5 Å². The first-order valence-electron chi connectivity index (χ1n) is 9.00. The average Bonchev–Trinajstić information content (AvgIpc) is 3.05. The molecule has 1 atom stereocenters. The lowest BCUT2D eigenvalue weighted by Crippen LogP contribution is -2.35. The number of ether oxygens (including phenoxy) is 2. The number of hydrogen-bond acceptors (Lipinski definition) is 7. The van der Waals surface area contributed by atoms with Crippen molar-refractivity contribution in [3.8, 4) is 11.5 Å². The van der Waals surface area contributed by atoms with Gasteiger partial charge >= 0.3 is 0 Å². The number of benzene rings is 2. The standard InChI is InChI=1S/C19H22N2O7S2/c1-27-16-6-7-18(17(11-16)28-2)30(25,26)21-14-5-3-4-13(10-14)19(22)20-15-8-9-29(23,24)12-15/h3-7,10-11,15,21H,8-9,12H2,1-2H3,(H,20,22)/t15-/m0/s1. The summed E-state index contributed by atoms with van der Waals surface area (Å²) in [6.45, 7) is 0. The number of sulfonamides is 1. The molecule has 3 rings (SSSR count). The number of nitrogens with one attached hydrogen (secondary N) is 2. The van der Waals surface area contributed by atoms with Crippen LogP contribution >= 0.6 is 0 Å². The summed E-state index contributed by atoms with van der Waals surface area (Å²) in [4.78, 5) is 12.4. The minimum Gasteiger partial charge on any atom is -0.497 e. The van der Waals surface area contributed by atoms with Gasteiger partial charge in [-0.15, -0.1) is 0 Å². The highest BCUT2D eigenvalue weighted by molar-refractivity contribution is 7.92. The summed E-state index contributed by atoms with van der Waals surface area (Å²) >= 11 is 0. The largest absolute Gasteiger partial charge is 0.497 e. The number of hydrogen-bond donors (Lipinski definition) is 2. The summed E-state index contributed by atoms with van der Waals surface area (Å²) in [7, 11) is -4.32. The maximum atomic E-state index is 12.8. The van der Waals surface area contributed by atoms with Crippen LogP contribution in [-0.4, -0.2) is 54.5 Å². The average molecular weight is 455 g/mol. The maximum Gasteiger partial charge on any atom is 0.265 e. The van der Waals surface area contributed by atoms with Crippen molar-refractivity contribution in [1.29, 1.82) is 0 Å². The second-order valence-electron chi connectivity index (χ2n) is 6.78. The van der Waals surface area contributed by atoms with Gasteiger partial charge in [0.15, 0.2) is 9.84 Å². The summed E-state index contributed by atoms with van der Waals surface area (Å²) in [5, 5.41) is 2.67. The minimum atomic E-state index is -4.00. The van der Waals surface area contributed by atoms with Gasteiger partial charge in [-0.05, 0) is 36.8 Å². The van der Waals surface area contributed by atoms with Crippen LogP contribution in [-0.2, 0) is 19.9 Å². The first kappa shape index (κ1) is 21.9. The van der Waals surface area contributed by atoms with E-state index in [4.69, 9.17) is 9.47 Å². The molecule has 0 aliphatic carbocycles. The Bertz CT molecular complexity index is 1160. The number of carbonyl (C=O) groups excluding carboxylic acids is 1. The normalized spacial score (nSPS) is 17.9. The smallest absolute Gasteiger partial charge is 0.265 e. The van der Waals surface area contributed by atoms with Crippen LogP contribution in [0.2, 0.25) is 0 Å². The van der Waals surface area contributed by atoms with Gasteiger partial charge in [0.25, 0.3) is 15.9 Å². The van der Waals surface area contributed by atoms with Crippen LogP contribution in [0.3, 0.4) is 0 Å². The Kier molecular flexibility index (Phi) is 6.22. The zero-order chi connectivity index (χ0) is 21.9. The number of rotatable bonds is 7. The Balaban J connectivity index is 1.78. The molecule has 9 nitrogen and oxygen atoms in total. The van der Waals surface area contributed by atoms with E-state index in [-0.39, 0.29) is 33.4 Å². The first-order chi connectivity index (χ1) is 14.1. The summed E-state index contributed by atoms with van der Waals surface area (Å²) in [6, 6.07) is 9.79. The van der Waals surface area contributed by atoms with Crippen LogP contribution < -0.4 is 19.5 Å². The third kappa shape index (κ3) is 5.03. The van der Waals surface area contributed by atoms with E-state index in [0.717, 1.165) is 0 Å². The lowest BCUT2D eigenvalue weighted by Gasteiger charge is -2.14. The molecule has 1 aliphatic rings. The Morgan fingerprint density at radius 3 is 2.50 bits per heavy atom.